The van der Waals surface area contributed by atoms with Crippen molar-refractivity contribution in [3.63, 3.8) is 0 Å². The Labute approximate surface area is 192 Å². The monoisotopic (exact) mass is 459 g/mol. The van der Waals surface area contributed by atoms with Crippen molar-refractivity contribution in [1.82, 2.24) is 5.32 Å². The molecule has 1 amide bonds. The highest BCUT2D eigenvalue weighted by Gasteiger charge is 2.27. The second kappa shape index (κ2) is 13.2. The van der Waals surface area contributed by atoms with Gasteiger partial charge in [-0.2, -0.15) is 11.8 Å². The van der Waals surface area contributed by atoms with Gasteiger partial charge in [0.15, 0.2) is 5.12 Å². The molecule has 0 aromatic heterocycles. The molecule has 0 heterocycles. The molecule has 5 nitrogen and oxygen atoms in total. The van der Waals surface area contributed by atoms with Gasteiger partial charge >= 0.3 is 5.97 Å². The second-order valence-corrected chi connectivity index (χ2v) is 9.50. The van der Waals surface area contributed by atoms with E-state index in [1.807, 2.05) is 37.3 Å². The zero-order valence-corrected chi connectivity index (χ0v) is 19.8. The van der Waals surface area contributed by atoms with Crippen LogP contribution in [0.2, 0.25) is 0 Å². The first-order valence-electron chi connectivity index (χ1n) is 10.1. The summed E-state index contributed by atoms with van der Waals surface area (Å²) in [6, 6.07) is 17.1. The Morgan fingerprint density at radius 2 is 1.65 bits per heavy atom. The minimum absolute atomic E-state index is 0.0379. The number of rotatable bonds is 11. The summed E-state index contributed by atoms with van der Waals surface area (Å²) >= 11 is 2.69. The average molecular weight is 460 g/mol. The number of benzene rings is 2. The third-order valence-electron chi connectivity index (χ3n) is 4.66. The molecule has 2 atom stereocenters. The van der Waals surface area contributed by atoms with E-state index in [1.54, 1.807) is 11.8 Å². The molecule has 0 fully saturated rings. The van der Waals surface area contributed by atoms with E-state index < -0.39 is 17.9 Å². The van der Waals surface area contributed by atoms with E-state index in [9.17, 15) is 14.4 Å². The number of esters is 1. The second-order valence-electron chi connectivity index (χ2n) is 7.27. The van der Waals surface area contributed by atoms with Gasteiger partial charge in [-0.3, -0.25) is 9.59 Å². The summed E-state index contributed by atoms with van der Waals surface area (Å²) in [6.07, 6.45) is 0.497. The number of nitrogens with one attached hydrogen (secondary N) is 1. The first-order chi connectivity index (χ1) is 14.9. The third-order valence-corrected chi connectivity index (χ3v) is 6.74. The van der Waals surface area contributed by atoms with E-state index >= 15 is 0 Å². The summed E-state index contributed by atoms with van der Waals surface area (Å²) < 4.78 is 4.90. The molecule has 31 heavy (non-hydrogen) atoms. The van der Waals surface area contributed by atoms with E-state index in [4.69, 9.17) is 4.74 Å². The van der Waals surface area contributed by atoms with Crippen LogP contribution in [0.3, 0.4) is 0 Å². The first kappa shape index (κ1) is 25.0. The fourth-order valence-electron chi connectivity index (χ4n) is 2.92. The Morgan fingerprint density at radius 1 is 0.968 bits per heavy atom. The molecule has 1 N–H and O–H groups in total. The van der Waals surface area contributed by atoms with E-state index in [1.165, 1.54) is 19.6 Å². The molecule has 0 saturated carbocycles. The molecule has 7 heteroatoms. The summed E-state index contributed by atoms with van der Waals surface area (Å²) in [5, 5.41) is 2.81. The molecule has 2 aromatic carbocycles. The lowest BCUT2D eigenvalue weighted by molar-refractivity contribution is -0.144. The maximum Gasteiger partial charge on any atom is 0.329 e. The molecular weight excluding hydrogens is 430 g/mol. The number of carbonyl (C=O) groups is 3. The number of aryl methyl sites for hydroxylation is 1. The van der Waals surface area contributed by atoms with Gasteiger partial charge in [-0.25, -0.2) is 4.79 Å². The fraction of sp³-hybridized carbons (Fsp3) is 0.375. The molecule has 0 aliphatic rings. The Kier molecular flexibility index (Phi) is 10.7. The lowest BCUT2D eigenvalue weighted by Crippen LogP contribution is -2.46. The molecule has 0 bridgehead atoms. The summed E-state index contributed by atoms with van der Waals surface area (Å²) in [4.78, 5) is 36.7. The van der Waals surface area contributed by atoms with Gasteiger partial charge in [0.25, 0.3) is 0 Å². The quantitative estimate of drug-likeness (QED) is 0.512. The van der Waals surface area contributed by atoms with E-state index in [0.29, 0.717) is 17.9 Å². The van der Waals surface area contributed by atoms with Gasteiger partial charge in [0.05, 0.1) is 13.0 Å². The Morgan fingerprint density at radius 3 is 2.26 bits per heavy atom. The van der Waals surface area contributed by atoms with Crippen LogP contribution in [0.15, 0.2) is 54.6 Å². The van der Waals surface area contributed by atoms with Crippen LogP contribution in [-0.2, 0) is 31.3 Å². The Hall–Kier alpha value is -2.25. The molecule has 2 aromatic rings. The maximum atomic E-state index is 13.0. The highest BCUT2D eigenvalue weighted by molar-refractivity contribution is 8.13. The van der Waals surface area contributed by atoms with Crippen LogP contribution < -0.4 is 5.32 Å². The van der Waals surface area contributed by atoms with Gasteiger partial charge in [-0.1, -0.05) is 71.9 Å². The van der Waals surface area contributed by atoms with Crippen molar-refractivity contribution >= 4 is 40.5 Å². The zero-order valence-electron chi connectivity index (χ0n) is 18.1. The van der Waals surface area contributed by atoms with E-state index in [0.717, 1.165) is 28.6 Å². The van der Waals surface area contributed by atoms with Crippen LogP contribution >= 0.6 is 23.5 Å². The van der Waals surface area contributed by atoms with E-state index in [-0.39, 0.29) is 11.0 Å². The topological polar surface area (TPSA) is 72.5 Å². The van der Waals surface area contributed by atoms with Crippen molar-refractivity contribution < 1.29 is 19.1 Å². The van der Waals surface area contributed by atoms with Gasteiger partial charge < -0.3 is 10.1 Å². The van der Waals surface area contributed by atoms with Crippen molar-refractivity contribution in [3.8, 4) is 0 Å². The number of carbonyl (C=O) groups excluding carboxylic acids is 3. The SMILES string of the molecule is COC(=O)[C@H](CSCc1ccc(C)cc1)NC(=O)[C@@H](CSC(C)=O)Cc1ccccc1. The summed E-state index contributed by atoms with van der Waals surface area (Å²) in [5.74, 6) is 0.360. The molecular formula is C24H29NO4S2. The van der Waals surface area contributed by atoms with Crippen molar-refractivity contribution in [3.05, 3.63) is 71.3 Å². The molecule has 166 valence electrons. The van der Waals surface area contributed by atoms with Gasteiger partial charge in [-0.05, 0) is 24.5 Å². The van der Waals surface area contributed by atoms with Gasteiger partial charge in [0.1, 0.15) is 6.04 Å². The highest BCUT2D eigenvalue weighted by Crippen LogP contribution is 2.18. The first-order valence-corrected chi connectivity index (χ1v) is 12.2. The summed E-state index contributed by atoms with van der Waals surface area (Å²) in [6.45, 7) is 3.52. The van der Waals surface area contributed by atoms with Crippen molar-refractivity contribution in [1.29, 1.82) is 0 Å². The largest absolute Gasteiger partial charge is 0.467 e. The normalized spacial score (nSPS) is 12.6. The van der Waals surface area contributed by atoms with Crippen LogP contribution in [0.4, 0.5) is 0 Å². The molecule has 0 spiro atoms. The average Bonchev–Trinajstić information content (AvgIpc) is 2.77. The van der Waals surface area contributed by atoms with Crippen LogP contribution in [0.5, 0.6) is 0 Å². The fourth-order valence-corrected chi connectivity index (χ4v) is 4.63. The predicted octanol–water partition coefficient (Wildman–Crippen LogP) is 4.02. The summed E-state index contributed by atoms with van der Waals surface area (Å²) in [5.41, 5.74) is 3.36. The van der Waals surface area contributed by atoms with Crippen LogP contribution in [0.1, 0.15) is 23.6 Å². The number of hydrogen-bond acceptors (Lipinski definition) is 6. The molecule has 0 saturated heterocycles. The van der Waals surface area contributed by atoms with Crippen molar-refractivity contribution in [2.75, 3.05) is 18.6 Å². The Balaban J connectivity index is 2.00. The number of thioether (sulfide) groups is 2. The van der Waals surface area contributed by atoms with Crippen LogP contribution in [0.25, 0.3) is 0 Å². The number of ether oxygens (including phenoxy) is 1. The maximum absolute atomic E-state index is 13.0. The predicted molar refractivity (Wildman–Crippen MR) is 128 cm³/mol. The van der Waals surface area contributed by atoms with Gasteiger partial charge in [-0.15, -0.1) is 0 Å². The standard InChI is InChI=1S/C24H29NO4S2/c1-17-9-11-20(12-10-17)14-30-16-22(24(28)29-3)25-23(27)21(15-31-18(2)26)13-19-7-5-4-6-8-19/h4-12,21-22H,13-16H2,1-3H3,(H,25,27)/t21-,22+/m1/s1. The van der Waals surface area contributed by atoms with Crippen molar-refractivity contribution in [2.45, 2.75) is 32.1 Å². The molecule has 2 rings (SSSR count). The number of amides is 1. The van der Waals surface area contributed by atoms with Crippen LogP contribution in [-0.4, -0.2) is 41.6 Å². The molecule has 0 radical (unpaired) electrons. The van der Waals surface area contributed by atoms with Crippen LogP contribution in [0, 0.1) is 12.8 Å². The molecule has 0 unspecified atom stereocenters. The number of methoxy groups -OCH3 is 1. The minimum atomic E-state index is -0.742. The van der Waals surface area contributed by atoms with Gasteiger partial charge in [0, 0.05) is 24.2 Å². The smallest absolute Gasteiger partial charge is 0.329 e. The summed E-state index contributed by atoms with van der Waals surface area (Å²) in [7, 11) is 1.32. The molecule has 0 aliphatic heterocycles. The van der Waals surface area contributed by atoms with Crippen molar-refractivity contribution in [2.24, 2.45) is 5.92 Å². The Bertz CT molecular complexity index is 856. The number of hydrogen-bond donors (Lipinski definition) is 1. The highest BCUT2D eigenvalue weighted by atomic mass is 32.2. The zero-order chi connectivity index (χ0) is 22.6. The van der Waals surface area contributed by atoms with E-state index in [2.05, 4.69) is 29.6 Å². The van der Waals surface area contributed by atoms with Gasteiger partial charge in [0.2, 0.25) is 5.91 Å². The minimum Gasteiger partial charge on any atom is -0.467 e. The lowest BCUT2D eigenvalue weighted by atomic mass is 10.00. The lowest BCUT2D eigenvalue weighted by Gasteiger charge is -2.21. The third kappa shape index (κ3) is 9.19. The molecule has 0 aliphatic carbocycles.